The minimum absolute atomic E-state index is 0.224. The summed E-state index contributed by atoms with van der Waals surface area (Å²) >= 11 is 0. The first-order valence-electron chi connectivity index (χ1n) is 10.5. The van der Waals surface area contributed by atoms with Gasteiger partial charge in [-0.15, -0.1) is 0 Å². The quantitative estimate of drug-likeness (QED) is 0.550. The molecule has 1 heterocycles. The predicted octanol–water partition coefficient (Wildman–Crippen LogP) is 3.26. The van der Waals surface area contributed by atoms with Crippen molar-refractivity contribution in [3.63, 3.8) is 0 Å². The van der Waals surface area contributed by atoms with E-state index in [4.69, 9.17) is 14.2 Å². The molecule has 1 aliphatic carbocycles. The molecule has 166 valence electrons. The van der Waals surface area contributed by atoms with E-state index in [1.807, 2.05) is 26.0 Å². The smallest absolute Gasteiger partial charge is 0.336 e. The van der Waals surface area contributed by atoms with Gasteiger partial charge < -0.3 is 19.5 Å². The van der Waals surface area contributed by atoms with E-state index in [1.54, 1.807) is 26.2 Å². The molecule has 2 aliphatic rings. The number of ketones is 1. The highest BCUT2D eigenvalue weighted by atomic mass is 16.5. The number of Topliss-reactive ketones (excluding diaryl/α,β-unsaturated/α-hetero) is 1. The number of ether oxygens (including phenoxy) is 3. The van der Waals surface area contributed by atoms with Gasteiger partial charge in [-0.2, -0.15) is 0 Å². The van der Waals surface area contributed by atoms with E-state index < -0.39 is 23.8 Å². The largest absolute Gasteiger partial charge is 0.497 e. The molecule has 0 radical (unpaired) electrons. The summed E-state index contributed by atoms with van der Waals surface area (Å²) in [7, 11) is 2.84. The van der Waals surface area contributed by atoms with Crippen LogP contribution in [0.25, 0.3) is 0 Å². The minimum atomic E-state index is -0.912. The van der Waals surface area contributed by atoms with E-state index in [2.05, 4.69) is 5.32 Å². The average molecular weight is 427 g/mol. The van der Waals surface area contributed by atoms with Gasteiger partial charge in [-0.25, -0.2) is 4.79 Å². The van der Waals surface area contributed by atoms with Gasteiger partial charge in [0.1, 0.15) is 11.7 Å². The van der Waals surface area contributed by atoms with Gasteiger partial charge in [0.2, 0.25) is 0 Å². The monoisotopic (exact) mass is 427 g/mol. The molecule has 31 heavy (non-hydrogen) atoms. The highest BCUT2D eigenvalue weighted by Crippen LogP contribution is 2.45. The first kappa shape index (κ1) is 22.6. The van der Waals surface area contributed by atoms with Crippen LogP contribution in [0.2, 0.25) is 0 Å². The zero-order valence-corrected chi connectivity index (χ0v) is 18.6. The van der Waals surface area contributed by atoms with Gasteiger partial charge >= 0.3 is 11.9 Å². The van der Waals surface area contributed by atoms with Crippen LogP contribution in [-0.4, -0.2) is 38.5 Å². The van der Waals surface area contributed by atoms with Crippen molar-refractivity contribution >= 4 is 17.7 Å². The lowest BCUT2D eigenvalue weighted by Gasteiger charge is -2.38. The minimum Gasteiger partial charge on any atom is -0.497 e. The van der Waals surface area contributed by atoms with Crippen LogP contribution in [0.4, 0.5) is 0 Å². The Morgan fingerprint density at radius 2 is 1.97 bits per heavy atom. The second-order valence-corrected chi connectivity index (χ2v) is 7.95. The van der Waals surface area contributed by atoms with E-state index in [-0.39, 0.29) is 18.3 Å². The number of benzene rings is 1. The third-order valence-corrected chi connectivity index (χ3v) is 5.83. The number of hydrogen-bond acceptors (Lipinski definition) is 7. The Labute approximate surface area is 182 Å². The van der Waals surface area contributed by atoms with Crippen molar-refractivity contribution in [2.45, 2.75) is 39.5 Å². The van der Waals surface area contributed by atoms with Crippen molar-refractivity contribution in [2.24, 2.45) is 11.8 Å². The lowest BCUT2D eigenvalue weighted by molar-refractivity contribution is -0.151. The van der Waals surface area contributed by atoms with E-state index in [9.17, 15) is 14.4 Å². The maximum atomic E-state index is 13.6. The van der Waals surface area contributed by atoms with Gasteiger partial charge in [0.25, 0.3) is 0 Å². The molecule has 7 nitrogen and oxygen atoms in total. The van der Waals surface area contributed by atoms with Gasteiger partial charge in [-0.1, -0.05) is 26.0 Å². The van der Waals surface area contributed by atoms with Crippen LogP contribution >= 0.6 is 0 Å². The summed E-state index contributed by atoms with van der Waals surface area (Å²) in [4.78, 5) is 39.1. The molecule has 1 aromatic carbocycles. The first-order valence-corrected chi connectivity index (χ1v) is 10.5. The van der Waals surface area contributed by atoms with Gasteiger partial charge in [-0.05, 0) is 43.4 Å². The Morgan fingerprint density at radius 1 is 1.23 bits per heavy atom. The Balaban J connectivity index is 2.17. The van der Waals surface area contributed by atoms with Crippen LogP contribution in [0.1, 0.15) is 45.1 Å². The molecule has 0 saturated heterocycles. The second kappa shape index (κ2) is 9.37. The number of methoxy groups -OCH3 is 2. The number of carbonyl (C=O) groups is 3. The second-order valence-electron chi connectivity index (χ2n) is 7.95. The van der Waals surface area contributed by atoms with Gasteiger partial charge in [0, 0.05) is 22.9 Å². The fraction of sp³-hybridized carbons (Fsp3) is 0.458. The molecule has 7 heteroatoms. The fourth-order valence-corrected chi connectivity index (χ4v) is 4.38. The number of nitrogens with one attached hydrogen (secondary N) is 1. The predicted molar refractivity (Wildman–Crippen MR) is 114 cm³/mol. The van der Waals surface area contributed by atoms with Crippen LogP contribution < -0.4 is 10.1 Å². The highest BCUT2D eigenvalue weighted by molar-refractivity contribution is 6.12. The molecule has 3 rings (SSSR count). The van der Waals surface area contributed by atoms with Crippen LogP contribution in [0, 0.1) is 11.8 Å². The van der Waals surface area contributed by atoms with Crippen LogP contribution in [0.15, 0.2) is 46.8 Å². The topological polar surface area (TPSA) is 90.9 Å². The van der Waals surface area contributed by atoms with Crippen molar-refractivity contribution < 1.29 is 28.6 Å². The molecule has 0 aromatic heterocycles. The standard InChI is InChI=1S/C24H29NO6/c1-6-10-31-24(28)19-14(3)25-17-11-13(2)18(23(27)30-5)22(26)21(17)20(19)15-8-7-9-16(12-15)29-4/h7-9,12-13,18,20,25H,6,10-11H2,1-5H3/t13-,18-,20-/m1/s1. The van der Waals surface area contributed by atoms with Crippen molar-refractivity contribution in [3.05, 3.63) is 52.4 Å². The summed E-state index contributed by atoms with van der Waals surface area (Å²) in [5, 5.41) is 3.25. The van der Waals surface area contributed by atoms with E-state index in [0.29, 0.717) is 35.4 Å². The maximum Gasteiger partial charge on any atom is 0.336 e. The number of rotatable bonds is 6. The van der Waals surface area contributed by atoms with E-state index >= 15 is 0 Å². The molecule has 0 amide bonds. The number of hydrogen-bond donors (Lipinski definition) is 1. The molecule has 3 atom stereocenters. The SMILES string of the molecule is CCCOC(=O)C1=C(C)NC2=C(C(=O)[C@H](C(=O)OC)[C@H](C)C2)[C@@H]1c1cccc(OC)c1. The summed E-state index contributed by atoms with van der Waals surface area (Å²) in [5.74, 6) is -2.55. The van der Waals surface area contributed by atoms with Crippen molar-refractivity contribution in [1.82, 2.24) is 5.32 Å². The van der Waals surface area contributed by atoms with Crippen molar-refractivity contribution in [1.29, 1.82) is 0 Å². The van der Waals surface area contributed by atoms with E-state index in [0.717, 1.165) is 11.3 Å². The molecule has 0 unspecified atom stereocenters. The van der Waals surface area contributed by atoms with E-state index in [1.165, 1.54) is 7.11 Å². The number of esters is 2. The Morgan fingerprint density at radius 3 is 2.61 bits per heavy atom. The van der Waals surface area contributed by atoms with Crippen molar-refractivity contribution in [2.75, 3.05) is 20.8 Å². The summed E-state index contributed by atoms with van der Waals surface area (Å²) in [6.07, 6.45) is 1.18. The summed E-state index contributed by atoms with van der Waals surface area (Å²) < 4.78 is 15.7. The molecule has 0 spiro atoms. The zero-order valence-electron chi connectivity index (χ0n) is 18.6. The molecule has 0 bridgehead atoms. The van der Waals surface area contributed by atoms with Crippen LogP contribution in [-0.2, 0) is 23.9 Å². The molecular weight excluding hydrogens is 398 g/mol. The van der Waals surface area contributed by atoms with Gasteiger partial charge in [0.05, 0.1) is 26.4 Å². The Bertz CT molecular complexity index is 961. The highest BCUT2D eigenvalue weighted by Gasteiger charge is 2.47. The first-order chi connectivity index (χ1) is 14.8. The summed E-state index contributed by atoms with van der Waals surface area (Å²) in [5.41, 5.74) is 2.88. The summed E-state index contributed by atoms with van der Waals surface area (Å²) in [6, 6.07) is 7.27. The maximum absolute atomic E-state index is 13.6. The normalized spacial score (nSPS) is 23.1. The zero-order chi connectivity index (χ0) is 22.7. The van der Waals surface area contributed by atoms with Crippen LogP contribution in [0.5, 0.6) is 5.75 Å². The molecule has 1 aliphatic heterocycles. The molecule has 1 N–H and O–H groups in total. The Kier molecular flexibility index (Phi) is 6.83. The van der Waals surface area contributed by atoms with Crippen molar-refractivity contribution in [3.8, 4) is 5.75 Å². The summed E-state index contributed by atoms with van der Waals surface area (Å²) in [6.45, 7) is 5.86. The number of carbonyl (C=O) groups excluding carboxylic acids is 3. The Hall–Kier alpha value is -3.09. The average Bonchev–Trinajstić information content (AvgIpc) is 2.76. The third kappa shape index (κ3) is 4.22. The third-order valence-electron chi connectivity index (χ3n) is 5.83. The molecule has 0 fully saturated rings. The number of allylic oxidation sites excluding steroid dienone is 3. The molecule has 0 saturated carbocycles. The van der Waals surface area contributed by atoms with Crippen LogP contribution in [0.3, 0.4) is 0 Å². The molecule has 1 aromatic rings. The fourth-order valence-electron chi connectivity index (χ4n) is 4.38. The van der Waals surface area contributed by atoms with Gasteiger partial charge in [-0.3, -0.25) is 9.59 Å². The van der Waals surface area contributed by atoms with Gasteiger partial charge in [0.15, 0.2) is 5.78 Å². The number of dihydropyridines is 1. The lowest BCUT2D eigenvalue weighted by Crippen LogP contribution is -2.43. The molecular formula is C24H29NO6. The lowest BCUT2D eigenvalue weighted by atomic mass is 9.69.